The summed E-state index contributed by atoms with van der Waals surface area (Å²) in [6, 6.07) is 0. The van der Waals surface area contributed by atoms with Gasteiger partial charge in [0.15, 0.2) is 5.15 Å². The van der Waals surface area contributed by atoms with Gasteiger partial charge < -0.3 is 9.64 Å². The van der Waals surface area contributed by atoms with E-state index in [1.807, 2.05) is 0 Å². The highest BCUT2D eigenvalue weighted by molar-refractivity contribution is 6.30. The first-order valence-electron chi connectivity index (χ1n) is 4.54. The minimum Gasteiger partial charge on any atom is -0.453 e. The van der Waals surface area contributed by atoms with Gasteiger partial charge in [0.05, 0.1) is 19.9 Å². The predicted octanol–water partition coefficient (Wildman–Crippen LogP) is 1.25. The molecule has 0 unspecified atom stereocenters. The van der Waals surface area contributed by atoms with Crippen LogP contribution in [0.5, 0.6) is 0 Å². The first kappa shape index (κ1) is 10.2. The SMILES string of the molecule is COC(=O)N1CCc2c(cnnc2Cl)C1. The number of rotatable bonds is 0. The van der Waals surface area contributed by atoms with E-state index in [0.717, 1.165) is 11.1 Å². The summed E-state index contributed by atoms with van der Waals surface area (Å²) in [4.78, 5) is 12.9. The van der Waals surface area contributed by atoms with Crippen molar-refractivity contribution in [3.05, 3.63) is 22.5 Å². The number of nitrogens with zero attached hydrogens (tertiary/aromatic N) is 3. The lowest BCUT2D eigenvalue weighted by Crippen LogP contribution is -2.36. The highest BCUT2D eigenvalue weighted by Crippen LogP contribution is 2.23. The number of carbonyl (C=O) groups is 1. The Hall–Kier alpha value is -1.36. The molecule has 6 heteroatoms. The summed E-state index contributed by atoms with van der Waals surface area (Å²) in [7, 11) is 1.37. The second kappa shape index (κ2) is 4.02. The summed E-state index contributed by atoms with van der Waals surface area (Å²) >= 11 is 5.90. The van der Waals surface area contributed by atoms with Crippen molar-refractivity contribution in [1.29, 1.82) is 0 Å². The predicted molar refractivity (Wildman–Crippen MR) is 53.6 cm³/mol. The van der Waals surface area contributed by atoms with Crippen LogP contribution in [0.1, 0.15) is 11.1 Å². The van der Waals surface area contributed by atoms with E-state index in [-0.39, 0.29) is 6.09 Å². The molecule has 0 bridgehead atoms. The smallest absolute Gasteiger partial charge is 0.409 e. The van der Waals surface area contributed by atoms with Gasteiger partial charge >= 0.3 is 6.09 Å². The Kier molecular flexibility index (Phi) is 2.73. The Labute approximate surface area is 92.0 Å². The molecule has 5 nitrogen and oxygen atoms in total. The molecule has 2 heterocycles. The molecule has 0 saturated carbocycles. The van der Waals surface area contributed by atoms with Crippen LogP contribution in [-0.2, 0) is 17.7 Å². The quantitative estimate of drug-likeness (QED) is 0.670. The Morgan fingerprint density at radius 3 is 3.20 bits per heavy atom. The molecule has 0 N–H and O–H groups in total. The number of hydrogen-bond acceptors (Lipinski definition) is 4. The number of fused-ring (bicyclic) bond motifs is 1. The van der Waals surface area contributed by atoms with Crippen molar-refractivity contribution in [3.63, 3.8) is 0 Å². The summed E-state index contributed by atoms with van der Waals surface area (Å²) < 4.78 is 4.65. The largest absolute Gasteiger partial charge is 0.453 e. The van der Waals surface area contributed by atoms with Crippen LogP contribution in [-0.4, -0.2) is 34.8 Å². The molecular formula is C9H10ClN3O2. The van der Waals surface area contributed by atoms with E-state index in [0.29, 0.717) is 24.7 Å². The van der Waals surface area contributed by atoms with Crippen LogP contribution in [0, 0.1) is 0 Å². The van der Waals surface area contributed by atoms with Gasteiger partial charge in [0.2, 0.25) is 0 Å². The summed E-state index contributed by atoms with van der Waals surface area (Å²) in [6.45, 7) is 1.09. The Bertz CT molecular complexity index is 397. The zero-order chi connectivity index (χ0) is 10.8. The van der Waals surface area contributed by atoms with Crippen molar-refractivity contribution in [3.8, 4) is 0 Å². The molecule has 0 aliphatic carbocycles. The summed E-state index contributed by atoms with van der Waals surface area (Å²) in [5.41, 5.74) is 1.92. The normalized spacial score (nSPS) is 14.7. The Morgan fingerprint density at radius 1 is 1.67 bits per heavy atom. The lowest BCUT2D eigenvalue weighted by atomic mass is 10.0. The van der Waals surface area contributed by atoms with Crippen LogP contribution in [0.25, 0.3) is 0 Å². The fourth-order valence-corrected chi connectivity index (χ4v) is 1.90. The molecule has 1 amide bonds. The zero-order valence-corrected chi connectivity index (χ0v) is 8.99. The fraction of sp³-hybridized carbons (Fsp3) is 0.444. The van der Waals surface area contributed by atoms with E-state index in [2.05, 4.69) is 14.9 Å². The number of aromatic nitrogens is 2. The fourth-order valence-electron chi connectivity index (χ4n) is 1.64. The third-order valence-corrected chi connectivity index (χ3v) is 2.73. The Morgan fingerprint density at radius 2 is 2.47 bits per heavy atom. The van der Waals surface area contributed by atoms with Crippen molar-refractivity contribution < 1.29 is 9.53 Å². The van der Waals surface area contributed by atoms with Gasteiger partial charge in [-0.1, -0.05) is 11.6 Å². The molecule has 2 rings (SSSR count). The maximum absolute atomic E-state index is 11.3. The van der Waals surface area contributed by atoms with Gasteiger partial charge in [-0.2, -0.15) is 5.10 Å². The molecular weight excluding hydrogens is 218 g/mol. The average Bonchev–Trinajstić information content (AvgIpc) is 2.28. The van der Waals surface area contributed by atoms with Gasteiger partial charge in [0.1, 0.15) is 0 Å². The average molecular weight is 228 g/mol. The second-order valence-electron chi connectivity index (χ2n) is 3.28. The van der Waals surface area contributed by atoms with Crippen molar-refractivity contribution in [2.45, 2.75) is 13.0 Å². The minimum atomic E-state index is -0.325. The van der Waals surface area contributed by atoms with Crippen LogP contribution >= 0.6 is 11.6 Å². The molecule has 0 aromatic carbocycles. The summed E-state index contributed by atoms with van der Waals surface area (Å²) in [6.07, 6.45) is 2.00. The van der Waals surface area contributed by atoms with Crippen LogP contribution in [0.4, 0.5) is 4.79 Å². The number of amides is 1. The highest BCUT2D eigenvalue weighted by atomic mass is 35.5. The highest BCUT2D eigenvalue weighted by Gasteiger charge is 2.23. The molecule has 0 fully saturated rings. The van der Waals surface area contributed by atoms with Crippen molar-refractivity contribution in [2.24, 2.45) is 0 Å². The molecule has 1 aliphatic rings. The number of carbonyl (C=O) groups excluding carboxylic acids is 1. The van der Waals surface area contributed by atoms with Crippen LogP contribution in [0.3, 0.4) is 0 Å². The minimum absolute atomic E-state index is 0.325. The molecule has 0 spiro atoms. The van der Waals surface area contributed by atoms with E-state index in [1.54, 1.807) is 11.1 Å². The molecule has 0 atom stereocenters. The van der Waals surface area contributed by atoms with Crippen LogP contribution < -0.4 is 0 Å². The lowest BCUT2D eigenvalue weighted by Gasteiger charge is -2.27. The topological polar surface area (TPSA) is 55.3 Å². The molecule has 1 aliphatic heterocycles. The lowest BCUT2D eigenvalue weighted by molar-refractivity contribution is 0.118. The zero-order valence-electron chi connectivity index (χ0n) is 8.23. The number of halogens is 1. The first-order chi connectivity index (χ1) is 7.22. The Balaban J connectivity index is 2.24. The van der Waals surface area contributed by atoms with Gasteiger partial charge in [-0.3, -0.25) is 0 Å². The molecule has 1 aromatic rings. The third-order valence-electron chi connectivity index (χ3n) is 2.42. The monoisotopic (exact) mass is 227 g/mol. The molecule has 0 saturated heterocycles. The van der Waals surface area contributed by atoms with Crippen molar-refractivity contribution in [2.75, 3.05) is 13.7 Å². The van der Waals surface area contributed by atoms with E-state index in [9.17, 15) is 4.79 Å². The van der Waals surface area contributed by atoms with Gasteiger partial charge in [-0.05, 0) is 17.5 Å². The van der Waals surface area contributed by atoms with Crippen molar-refractivity contribution >= 4 is 17.7 Å². The maximum Gasteiger partial charge on any atom is 0.409 e. The third kappa shape index (κ3) is 1.87. The van der Waals surface area contributed by atoms with Crippen molar-refractivity contribution in [1.82, 2.24) is 15.1 Å². The van der Waals surface area contributed by atoms with Crippen LogP contribution in [0.2, 0.25) is 5.15 Å². The standard InChI is InChI=1S/C9H10ClN3O2/c1-15-9(14)13-3-2-7-6(5-13)4-11-12-8(7)10/h4H,2-3,5H2,1H3. The number of ether oxygens (including phenoxy) is 1. The molecule has 1 aromatic heterocycles. The van der Waals surface area contributed by atoms with E-state index in [4.69, 9.17) is 11.6 Å². The van der Waals surface area contributed by atoms with Gasteiger partial charge in [-0.25, -0.2) is 4.79 Å². The van der Waals surface area contributed by atoms with E-state index in [1.165, 1.54) is 7.11 Å². The molecule has 0 radical (unpaired) electrons. The van der Waals surface area contributed by atoms with E-state index >= 15 is 0 Å². The van der Waals surface area contributed by atoms with Gasteiger partial charge in [-0.15, -0.1) is 5.10 Å². The molecule has 15 heavy (non-hydrogen) atoms. The van der Waals surface area contributed by atoms with Gasteiger partial charge in [0, 0.05) is 6.54 Å². The summed E-state index contributed by atoms with van der Waals surface area (Å²) in [5, 5.41) is 7.95. The van der Waals surface area contributed by atoms with Gasteiger partial charge in [0.25, 0.3) is 0 Å². The second-order valence-corrected chi connectivity index (χ2v) is 3.64. The maximum atomic E-state index is 11.3. The number of methoxy groups -OCH3 is 1. The molecule has 80 valence electrons. The number of hydrogen-bond donors (Lipinski definition) is 0. The first-order valence-corrected chi connectivity index (χ1v) is 4.92. The van der Waals surface area contributed by atoms with Crippen LogP contribution in [0.15, 0.2) is 6.20 Å². The summed E-state index contributed by atoms with van der Waals surface area (Å²) in [5.74, 6) is 0. The van der Waals surface area contributed by atoms with E-state index < -0.39 is 0 Å².